The van der Waals surface area contributed by atoms with Crippen LogP contribution in [0.4, 0.5) is 13.2 Å². The number of benzene rings is 1. The molecule has 1 rings (SSSR count). The van der Waals surface area contributed by atoms with Crippen LogP contribution in [0.5, 0.6) is 0 Å². The zero-order chi connectivity index (χ0) is 18.9. The molecular weight excluding hydrogens is 349 g/mol. The number of hydrogen-bond acceptors (Lipinski definition) is 3. The molecule has 3 nitrogen and oxygen atoms in total. The Labute approximate surface area is 150 Å². The highest BCUT2D eigenvalue weighted by atomic mass is 28.2. The maximum Gasteiger partial charge on any atom is 0.416 e. The molecule has 1 aromatic rings. The molecule has 2 radical (unpaired) electrons. The van der Waals surface area contributed by atoms with Gasteiger partial charge in [0.1, 0.15) is 0 Å². The molecule has 1 aromatic carbocycles. The van der Waals surface area contributed by atoms with Crippen LogP contribution < -0.4 is 0 Å². The summed E-state index contributed by atoms with van der Waals surface area (Å²) in [6.07, 6.45) is -1.94. The molecule has 0 aliphatic heterocycles. The summed E-state index contributed by atoms with van der Waals surface area (Å²) < 4.78 is 54.7. The Morgan fingerprint density at radius 2 is 1.64 bits per heavy atom. The molecular formula is C18H27F3O3Si. The van der Waals surface area contributed by atoms with Gasteiger partial charge >= 0.3 is 6.18 Å². The summed E-state index contributed by atoms with van der Waals surface area (Å²) in [5, 5.41) is 0. The molecule has 0 spiro atoms. The molecule has 0 amide bonds. The van der Waals surface area contributed by atoms with Crippen molar-refractivity contribution in [2.45, 2.75) is 77.9 Å². The number of rotatable bonds is 11. The van der Waals surface area contributed by atoms with E-state index in [1.54, 1.807) is 6.07 Å². The number of hydrogen-bond donors (Lipinski definition) is 0. The van der Waals surface area contributed by atoms with E-state index in [-0.39, 0.29) is 22.0 Å². The Morgan fingerprint density at radius 3 is 2.20 bits per heavy atom. The van der Waals surface area contributed by atoms with Crippen LogP contribution in [0, 0.1) is 0 Å². The smallest absolute Gasteiger partial charge is 0.372 e. The Hall–Kier alpha value is -0.893. The van der Waals surface area contributed by atoms with E-state index < -0.39 is 18.2 Å². The van der Waals surface area contributed by atoms with E-state index in [1.807, 2.05) is 27.7 Å². The summed E-state index contributed by atoms with van der Waals surface area (Å²) in [6.45, 7) is 6.99. The molecule has 0 bridgehead atoms. The van der Waals surface area contributed by atoms with Crippen LogP contribution >= 0.6 is 0 Å². The van der Waals surface area contributed by atoms with Crippen molar-refractivity contribution in [1.82, 2.24) is 0 Å². The Kier molecular flexibility index (Phi) is 9.71. The number of aryl methyl sites for hydroxylation is 1. The lowest BCUT2D eigenvalue weighted by molar-refractivity contribution is -0.275. The number of alkyl halides is 3. The fourth-order valence-corrected chi connectivity index (χ4v) is 2.85. The largest absolute Gasteiger partial charge is 0.416 e. The van der Waals surface area contributed by atoms with Crippen molar-refractivity contribution in [2.24, 2.45) is 0 Å². The van der Waals surface area contributed by atoms with E-state index in [9.17, 15) is 13.2 Å². The first-order valence-electron chi connectivity index (χ1n) is 8.54. The third kappa shape index (κ3) is 9.99. The molecule has 0 saturated heterocycles. The van der Waals surface area contributed by atoms with Crippen LogP contribution in [-0.4, -0.2) is 28.4 Å². The van der Waals surface area contributed by atoms with E-state index in [0.717, 1.165) is 25.0 Å². The third-order valence-electron chi connectivity index (χ3n) is 3.19. The topological polar surface area (TPSA) is 27.7 Å². The van der Waals surface area contributed by atoms with Gasteiger partial charge in [0.15, 0.2) is 0 Å². The minimum Gasteiger partial charge on any atom is -0.372 e. The molecule has 0 atom stereocenters. The summed E-state index contributed by atoms with van der Waals surface area (Å²) in [6, 6.07) is 6.35. The molecule has 0 aliphatic rings. The summed E-state index contributed by atoms with van der Waals surface area (Å²) >= 11 is 0. The first kappa shape index (κ1) is 22.1. The van der Waals surface area contributed by atoms with E-state index in [0.29, 0.717) is 12.0 Å². The highest BCUT2D eigenvalue weighted by molar-refractivity contribution is 6.27. The summed E-state index contributed by atoms with van der Waals surface area (Å²) in [5.74, 6) is 0. The van der Waals surface area contributed by atoms with Gasteiger partial charge in [0.2, 0.25) is 9.76 Å². The van der Waals surface area contributed by atoms with Crippen molar-refractivity contribution >= 4 is 9.76 Å². The van der Waals surface area contributed by atoms with Gasteiger partial charge < -0.3 is 13.9 Å². The van der Waals surface area contributed by atoms with E-state index in [2.05, 4.69) is 0 Å². The van der Waals surface area contributed by atoms with Crippen molar-refractivity contribution in [2.75, 3.05) is 0 Å². The summed E-state index contributed by atoms with van der Waals surface area (Å²) in [5.41, 5.74) is 0.123. The Bertz CT molecular complexity index is 483. The Balaban J connectivity index is 2.27. The molecule has 0 aromatic heterocycles. The van der Waals surface area contributed by atoms with E-state index in [4.69, 9.17) is 13.9 Å². The van der Waals surface area contributed by atoms with Crippen LogP contribution in [0.15, 0.2) is 24.3 Å². The van der Waals surface area contributed by atoms with Crippen LogP contribution in [0.25, 0.3) is 0 Å². The van der Waals surface area contributed by atoms with E-state index in [1.165, 1.54) is 12.1 Å². The van der Waals surface area contributed by atoms with Gasteiger partial charge in [0, 0.05) is 0 Å². The fraction of sp³-hybridized carbons (Fsp3) is 0.667. The quantitative estimate of drug-likeness (QED) is 0.301. The molecule has 0 saturated carbocycles. The number of halogens is 3. The van der Waals surface area contributed by atoms with Crippen LogP contribution in [0.3, 0.4) is 0 Å². The SMILES string of the molecule is CC(C)OC(O[Si]CCCCc1cccc(C(F)(F)F)c1)OC(C)C. The second-order valence-corrected chi connectivity index (χ2v) is 7.35. The fourth-order valence-electron chi connectivity index (χ4n) is 2.09. The molecule has 0 N–H and O–H groups in total. The highest BCUT2D eigenvalue weighted by Gasteiger charge is 2.30. The maximum absolute atomic E-state index is 12.7. The van der Waals surface area contributed by atoms with Gasteiger partial charge in [-0.25, -0.2) is 0 Å². The van der Waals surface area contributed by atoms with Crippen molar-refractivity contribution < 1.29 is 27.1 Å². The number of unbranched alkanes of at least 4 members (excludes halogenated alkanes) is 1. The lowest BCUT2D eigenvalue weighted by Gasteiger charge is -2.22. The second-order valence-electron chi connectivity index (χ2n) is 6.33. The molecule has 0 heterocycles. The first-order valence-corrected chi connectivity index (χ1v) is 9.65. The molecule has 7 heteroatoms. The normalized spacial score (nSPS) is 12.6. The first-order chi connectivity index (χ1) is 11.7. The zero-order valence-electron chi connectivity index (χ0n) is 15.2. The van der Waals surface area contributed by atoms with Crippen molar-refractivity contribution in [3.63, 3.8) is 0 Å². The van der Waals surface area contributed by atoms with Crippen LogP contribution in [-0.2, 0) is 26.5 Å². The maximum atomic E-state index is 12.7. The Morgan fingerprint density at radius 1 is 1.00 bits per heavy atom. The summed E-state index contributed by atoms with van der Waals surface area (Å²) in [4.78, 5) is 0. The average molecular weight is 376 g/mol. The third-order valence-corrected chi connectivity index (χ3v) is 4.11. The highest BCUT2D eigenvalue weighted by Crippen LogP contribution is 2.29. The van der Waals surface area contributed by atoms with Gasteiger partial charge in [-0.15, -0.1) is 0 Å². The predicted octanol–water partition coefficient (Wildman–Crippen LogP) is 5.22. The lowest BCUT2D eigenvalue weighted by Crippen LogP contribution is -2.28. The molecule has 25 heavy (non-hydrogen) atoms. The van der Waals surface area contributed by atoms with Gasteiger partial charge in [0.05, 0.1) is 17.8 Å². The second kappa shape index (κ2) is 11.0. The van der Waals surface area contributed by atoms with Gasteiger partial charge in [-0.05, 0) is 58.2 Å². The average Bonchev–Trinajstić information content (AvgIpc) is 2.49. The van der Waals surface area contributed by atoms with E-state index >= 15 is 0 Å². The lowest BCUT2D eigenvalue weighted by atomic mass is 10.1. The van der Waals surface area contributed by atoms with Gasteiger partial charge in [-0.2, -0.15) is 13.2 Å². The molecule has 0 aliphatic carbocycles. The van der Waals surface area contributed by atoms with Crippen molar-refractivity contribution in [3.8, 4) is 0 Å². The standard InChI is InChI=1S/C18H27F3O3Si/c1-13(2)22-17(23-14(3)4)24-25-11-6-5-8-15-9-7-10-16(12-15)18(19,20)21/h7,9-10,12-14,17H,5-6,8,11H2,1-4H3. The minimum absolute atomic E-state index is 0.00876. The van der Waals surface area contributed by atoms with Crippen LogP contribution in [0.1, 0.15) is 51.7 Å². The molecule has 0 unspecified atom stereocenters. The zero-order valence-corrected chi connectivity index (χ0v) is 16.2. The van der Waals surface area contributed by atoms with Gasteiger partial charge in [-0.1, -0.05) is 24.6 Å². The van der Waals surface area contributed by atoms with Crippen LogP contribution in [0.2, 0.25) is 6.04 Å². The molecule has 0 fully saturated rings. The van der Waals surface area contributed by atoms with Crippen molar-refractivity contribution in [1.29, 1.82) is 0 Å². The van der Waals surface area contributed by atoms with Gasteiger partial charge in [-0.3, -0.25) is 0 Å². The molecule has 142 valence electrons. The minimum atomic E-state index is -4.28. The van der Waals surface area contributed by atoms with Gasteiger partial charge in [0.25, 0.3) is 6.48 Å². The number of ether oxygens (including phenoxy) is 2. The van der Waals surface area contributed by atoms with Crippen molar-refractivity contribution in [3.05, 3.63) is 35.4 Å². The monoisotopic (exact) mass is 376 g/mol. The predicted molar refractivity (Wildman–Crippen MR) is 92.3 cm³/mol. The summed E-state index contributed by atoms with van der Waals surface area (Å²) in [7, 11) is 0.238.